The van der Waals surface area contributed by atoms with Gasteiger partial charge >= 0.3 is 165 Å². The van der Waals surface area contributed by atoms with Gasteiger partial charge in [0.25, 0.3) is 0 Å². The van der Waals surface area contributed by atoms with Gasteiger partial charge in [0.2, 0.25) is 0 Å². The molecule has 0 saturated heterocycles. The summed E-state index contributed by atoms with van der Waals surface area (Å²) >= 11 is 9.25. The van der Waals surface area contributed by atoms with Crippen LogP contribution in [0, 0.1) is 0 Å². The zero-order valence-electron chi connectivity index (χ0n) is 17.5. The van der Waals surface area contributed by atoms with Gasteiger partial charge in [-0.05, 0) is 0 Å². The van der Waals surface area contributed by atoms with E-state index in [9.17, 15) is 0 Å². The Hall–Kier alpha value is 2.48. The van der Waals surface area contributed by atoms with E-state index in [-0.39, 0.29) is 0 Å². The van der Waals surface area contributed by atoms with E-state index in [2.05, 4.69) is 110 Å². The van der Waals surface area contributed by atoms with Crippen LogP contribution in [0.4, 0.5) is 0 Å². The molecule has 0 aliphatic carbocycles. The molecule has 5 heteroatoms. The molecule has 0 radical (unpaired) electrons. The molecule has 0 heterocycles. The molecule has 0 aromatic carbocycles. The Labute approximate surface area is 164 Å². The minimum absolute atomic E-state index is 0.821. The standard InChI is InChI=1S/2C9H21P.2BrH.Pd/c2*1-7(2)10(8(3)4)9(5)6;;;/h2*7-9H,1-6H3;2*1H;. The molecule has 0 unspecified atom stereocenters. The van der Waals surface area contributed by atoms with Crippen LogP contribution in [0.2, 0.25) is 0 Å². The van der Waals surface area contributed by atoms with Crippen LogP contribution in [0.3, 0.4) is 0 Å². The molecule has 0 nitrogen and oxygen atoms in total. The molecule has 0 aromatic rings. The van der Waals surface area contributed by atoms with Gasteiger partial charge in [-0.1, -0.05) is 0 Å². The molecule has 0 spiro atoms. The summed E-state index contributed by atoms with van der Waals surface area (Å²) in [5.41, 5.74) is 1.86. The predicted molar refractivity (Wildman–Crippen MR) is 125 cm³/mol. The number of hydrogen-bond donors (Lipinski definition) is 0. The summed E-state index contributed by atoms with van der Waals surface area (Å²) in [6, 6.07) is 0. The van der Waals surface area contributed by atoms with Crippen LogP contribution in [0.1, 0.15) is 83.1 Å². The quantitative estimate of drug-likeness (QED) is 0.197. The van der Waals surface area contributed by atoms with Crippen molar-refractivity contribution >= 4 is 37.8 Å². The van der Waals surface area contributed by atoms with Crippen LogP contribution in [0.5, 0.6) is 0 Å². The molecule has 0 amide bonds. The molecule has 0 aliphatic rings. The summed E-state index contributed by atoms with van der Waals surface area (Å²) in [4.78, 5) is 0. The van der Waals surface area contributed by atoms with E-state index >= 15 is 0 Å². The van der Waals surface area contributed by atoms with Gasteiger partial charge in [-0.3, -0.25) is 0 Å². The van der Waals surface area contributed by atoms with Crippen molar-refractivity contribution in [3.8, 4) is 0 Å². The normalized spacial score (nSPS) is 17.2. The number of hydrogen-bond acceptors (Lipinski definition) is 0. The average Bonchev–Trinajstić information content (AvgIpc) is 2.24. The van der Waals surface area contributed by atoms with Crippen LogP contribution in [0.15, 0.2) is 0 Å². The molecule has 0 N–H and O–H groups in total. The summed E-state index contributed by atoms with van der Waals surface area (Å²) in [7, 11) is -1.89. The van der Waals surface area contributed by atoms with E-state index in [0.717, 1.165) is 34.0 Å². The van der Waals surface area contributed by atoms with Gasteiger partial charge in [0.1, 0.15) is 0 Å². The second kappa shape index (κ2) is 9.12. The van der Waals surface area contributed by atoms with Gasteiger partial charge < -0.3 is 0 Å². The topological polar surface area (TPSA) is 0 Å². The van der Waals surface area contributed by atoms with Crippen LogP contribution in [-0.2, 0) is 10.5 Å². The first-order chi connectivity index (χ1) is 10.2. The summed E-state index contributed by atoms with van der Waals surface area (Å²) in [6.45, 7) is 30.3. The predicted octanol–water partition coefficient (Wildman–Crippen LogP) is 8.54. The van der Waals surface area contributed by atoms with Crippen LogP contribution in [-0.4, -0.2) is 34.0 Å². The third kappa shape index (κ3) is 3.88. The third-order valence-corrected chi connectivity index (χ3v) is 84.2. The van der Waals surface area contributed by atoms with Gasteiger partial charge in [0, 0.05) is 0 Å². The molecule has 0 fully saturated rings. The fourth-order valence-corrected chi connectivity index (χ4v) is 130. The fraction of sp³-hybridized carbons (Fsp3) is 1.00. The van der Waals surface area contributed by atoms with Gasteiger partial charge in [-0.25, -0.2) is 0 Å². The third-order valence-electron chi connectivity index (χ3n) is 5.78. The maximum absolute atomic E-state index is 4.62. The van der Waals surface area contributed by atoms with Crippen molar-refractivity contribution in [2.75, 3.05) is 0 Å². The second-order valence-corrected chi connectivity index (χ2v) is 60.0. The molecule has 0 atom stereocenters. The average molecular weight is 589 g/mol. The SMILES string of the molecule is CC(C)[PH](C(C)C)(C(C)C)[Pd]([Br])([Br])[PH](C(C)C)(C(C)C)C(C)C. The van der Waals surface area contributed by atoms with E-state index < -0.39 is 21.4 Å². The maximum atomic E-state index is 4.62. The molecular weight excluding hydrogens is 544 g/mol. The van der Waals surface area contributed by atoms with Gasteiger partial charge in [0.15, 0.2) is 0 Å². The van der Waals surface area contributed by atoms with E-state index in [4.69, 9.17) is 0 Å². The zero-order valence-corrected chi connectivity index (χ0v) is 24.3. The summed E-state index contributed by atoms with van der Waals surface area (Å²) < 4.78 is 0. The monoisotopic (exact) mass is 586 g/mol. The first-order valence-electron chi connectivity index (χ1n) is 9.22. The summed E-state index contributed by atoms with van der Waals surface area (Å²) in [5.74, 6) is 0. The van der Waals surface area contributed by atoms with Crippen molar-refractivity contribution in [2.24, 2.45) is 0 Å². The van der Waals surface area contributed by atoms with Crippen LogP contribution < -0.4 is 0 Å². The molecule has 0 bridgehead atoms. The summed E-state index contributed by atoms with van der Waals surface area (Å²) in [6.07, 6.45) is 0. The van der Waals surface area contributed by atoms with Crippen molar-refractivity contribution in [3.05, 3.63) is 0 Å². The Morgan fingerprint density at radius 3 is 0.652 bits per heavy atom. The molecule has 23 heavy (non-hydrogen) atoms. The number of rotatable bonds is 8. The minimum atomic E-state index is -1.89. The van der Waals surface area contributed by atoms with Crippen LogP contribution >= 0.6 is 37.8 Å². The Bertz CT molecular complexity index is 300. The zero-order chi connectivity index (χ0) is 19.0. The molecular formula is C18H44Br2P2Pd. The molecule has 0 rings (SSSR count). The van der Waals surface area contributed by atoms with Crippen molar-refractivity contribution in [1.29, 1.82) is 0 Å². The second-order valence-electron chi connectivity index (χ2n) is 8.84. The Morgan fingerprint density at radius 2 is 0.565 bits per heavy atom. The van der Waals surface area contributed by atoms with Crippen molar-refractivity contribution in [2.45, 2.75) is 117 Å². The first kappa shape index (κ1) is 25.5. The number of halogens is 2. The van der Waals surface area contributed by atoms with E-state index in [1.165, 1.54) is 0 Å². The van der Waals surface area contributed by atoms with Crippen LogP contribution in [0.25, 0.3) is 0 Å². The molecule has 0 aromatic heterocycles. The van der Waals surface area contributed by atoms with E-state index in [0.29, 0.717) is 0 Å². The Balaban J connectivity index is 6.86. The van der Waals surface area contributed by atoms with E-state index in [1.807, 2.05) is 0 Å². The first-order valence-corrected chi connectivity index (χ1v) is 25.1. The van der Waals surface area contributed by atoms with Gasteiger partial charge in [0.05, 0.1) is 0 Å². The summed E-state index contributed by atoms with van der Waals surface area (Å²) in [5, 5.41) is 0. The van der Waals surface area contributed by atoms with Crippen molar-refractivity contribution in [3.63, 3.8) is 0 Å². The van der Waals surface area contributed by atoms with Gasteiger partial charge in [-0.2, -0.15) is 0 Å². The molecule has 150 valence electrons. The van der Waals surface area contributed by atoms with Crippen molar-refractivity contribution < 1.29 is 10.5 Å². The van der Waals surface area contributed by atoms with Gasteiger partial charge in [-0.15, -0.1) is 0 Å². The fourth-order valence-electron chi connectivity index (χ4n) is 5.61. The Morgan fingerprint density at radius 1 is 0.435 bits per heavy atom. The molecule has 0 aliphatic heterocycles. The Kier molecular flexibility index (Phi) is 10.1. The molecule has 0 saturated carbocycles. The van der Waals surface area contributed by atoms with Crippen molar-refractivity contribution in [1.82, 2.24) is 0 Å². The van der Waals surface area contributed by atoms with E-state index in [1.54, 1.807) is 0 Å².